The molecule has 1 atom stereocenters. The first kappa shape index (κ1) is 19.4. The second-order valence-corrected chi connectivity index (χ2v) is 6.70. The van der Waals surface area contributed by atoms with Gasteiger partial charge in [0, 0.05) is 17.9 Å². The van der Waals surface area contributed by atoms with Gasteiger partial charge in [-0.3, -0.25) is 14.4 Å². The molecule has 0 aliphatic heterocycles. The molecular weight excluding hydrogens is 320 g/mol. The van der Waals surface area contributed by atoms with Crippen LogP contribution < -0.4 is 0 Å². The summed E-state index contributed by atoms with van der Waals surface area (Å²) in [5.41, 5.74) is 0.0446. The summed E-state index contributed by atoms with van der Waals surface area (Å²) in [6.45, 7) is 5.39. The first-order valence-electron chi connectivity index (χ1n) is 9.24. The van der Waals surface area contributed by atoms with E-state index in [0.29, 0.717) is 12.0 Å². The van der Waals surface area contributed by atoms with Crippen LogP contribution in [0.1, 0.15) is 59.3 Å². The normalized spacial score (nSPS) is 24.5. The highest BCUT2D eigenvalue weighted by Gasteiger charge is 2.57. The first-order chi connectivity index (χ1) is 12.0. The Bertz CT molecular complexity index is 581. The lowest BCUT2D eigenvalue weighted by Crippen LogP contribution is -2.45. The lowest BCUT2D eigenvalue weighted by molar-refractivity contribution is -0.174. The van der Waals surface area contributed by atoms with Gasteiger partial charge in [-0.05, 0) is 45.6 Å². The molecule has 25 heavy (non-hydrogen) atoms. The number of ether oxygens (including phenoxy) is 2. The molecule has 2 rings (SSSR count). The van der Waals surface area contributed by atoms with Crippen LogP contribution in [0.4, 0.5) is 0 Å². The van der Waals surface area contributed by atoms with E-state index in [1.807, 2.05) is 12.2 Å². The van der Waals surface area contributed by atoms with E-state index in [1.165, 1.54) is 6.92 Å². The van der Waals surface area contributed by atoms with Gasteiger partial charge in [0.2, 0.25) is 0 Å². The molecule has 0 radical (unpaired) electrons. The number of carbonyl (C=O) groups excluding carboxylic acids is 3. The summed E-state index contributed by atoms with van der Waals surface area (Å²) in [5, 5.41) is 0. The molecule has 0 N–H and O–H groups in total. The fourth-order valence-corrected chi connectivity index (χ4v) is 3.87. The predicted octanol–water partition coefficient (Wildman–Crippen LogP) is 3.52. The van der Waals surface area contributed by atoms with Crippen LogP contribution in [0.5, 0.6) is 0 Å². The summed E-state index contributed by atoms with van der Waals surface area (Å²) in [6.07, 6.45) is 8.55. The van der Waals surface area contributed by atoms with Crippen LogP contribution in [0, 0.1) is 11.3 Å². The maximum Gasteiger partial charge on any atom is 0.324 e. The number of allylic oxidation sites excluding steroid dienone is 4. The highest BCUT2D eigenvalue weighted by molar-refractivity contribution is 6.04. The van der Waals surface area contributed by atoms with Crippen molar-refractivity contribution >= 4 is 17.7 Å². The van der Waals surface area contributed by atoms with Crippen molar-refractivity contribution in [2.45, 2.75) is 59.3 Å². The minimum absolute atomic E-state index is 0.0332. The van der Waals surface area contributed by atoms with E-state index in [-0.39, 0.29) is 31.3 Å². The summed E-state index contributed by atoms with van der Waals surface area (Å²) >= 11 is 0. The van der Waals surface area contributed by atoms with Crippen molar-refractivity contribution in [3.8, 4) is 0 Å². The molecule has 0 fully saturated rings. The van der Waals surface area contributed by atoms with Gasteiger partial charge in [0.25, 0.3) is 0 Å². The summed E-state index contributed by atoms with van der Waals surface area (Å²) in [4.78, 5) is 37.8. The van der Waals surface area contributed by atoms with E-state index >= 15 is 0 Å². The smallest absolute Gasteiger partial charge is 0.324 e. The summed E-state index contributed by atoms with van der Waals surface area (Å²) in [6, 6.07) is 0. The largest absolute Gasteiger partial charge is 0.465 e. The molecule has 0 heterocycles. The van der Waals surface area contributed by atoms with Crippen LogP contribution in [0.25, 0.3) is 0 Å². The predicted molar refractivity (Wildman–Crippen MR) is 93.7 cm³/mol. The number of esters is 2. The highest BCUT2D eigenvalue weighted by Crippen LogP contribution is 2.49. The molecule has 2 aliphatic carbocycles. The van der Waals surface area contributed by atoms with Gasteiger partial charge in [0.15, 0.2) is 11.2 Å². The number of Topliss-reactive ketones (excluding diaryl/α,β-unsaturated/α-hetero) is 1. The molecule has 2 bridgehead atoms. The third-order valence-corrected chi connectivity index (χ3v) is 5.08. The van der Waals surface area contributed by atoms with E-state index in [1.54, 1.807) is 13.8 Å². The van der Waals surface area contributed by atoms with Gasteiger partial charge in [-0.2, -0.15) is 0 Å². The van der Waals surface area contributed by atoms with E-state index < -0.39 is 17.4 Å². The molecule has 0 saturated carbocycles. The molecule has 5 heteroatoms. The topological polar surface area (TPSA) is 69.7 Å². The lowest BCUT2D eigenvalue weighted by atomic mass is 9.74. The second kappa shape index (κ2) is 8.45. The van der Waals surface area contributed by atoms with Gasteiger partial charge < -0.3 is 9.47 Å². The van der Waals surface area contributed by atoms with Crippen molar-refractivity contribution in [2.75, 3.05) is 13.2 Å². The van der Waals surface area contributed by atoms with Gasteiger partial charge in [-0.15, -0.1) is 0 Å². The Labute approximate surface area is 149 Å². The Morgan fingerprint density at radius 1 is 1.08 bits per heavy atom. The minimum Gasteiger partial charge on any atom is -0.465 e. The molecular formula is C20H28O5. The highest BCUT2D eigenvalue weighted by atomic mass is 16.6. The van der Waals surface area contributed by atoms with E-state index in [4.69, 9.17) is 9.47 Å². The van der Waals surface area contributed by atoms with Crippen molar-refractivity contribution in [1.82, 2.24) is 0 Å². The average Bonchev–Trinajstić information content (AvgIpc) is 2.93. The Morgan fingerprint density at radius 2 is 1.72 bits per heavy atom. The zero-order chi connectivity index (χ0) is 18.4. The van der Waals surface area contributed by atoms with Gasteiger partial charge in [0.1, 0.15) is 0 Å². The van der Waals surface area contributed by atoms with Gasteiger partial charge >= 0.3 is 11.9 Å². The van der Waals surface area contributed by atoms with Gasteiger partial charge in [-0.25, -0.2) is 0 Å². The number of ketones is 1. The summed E-state index contributed by atoms with van der Waals surface area (Å²) < 4.78 is 10.5. The maximum atomic E-state index is 12.8. The van der Waals surface area contributed by atoms with Crippen LogP contribution in [-0.2, 0) is 23.9 Å². The van der Waals surface area contributed by atoms with Crippen LogP contribution in [-0.4, -0.2) is 30.9 Å². The zero-order valence-electron chi connectivity index (χ0n) is 15.4. The zero-order valence-corrected chi connectivity index (χ0v) is 15.4. The fourth-order valence-electron chi connectivity index (χ4n) is 3.87. The molecule has 1 unspecified atom stereocenters. The van der Waals surface area contributed by atoms with Crippen LogP contribution >= 0.6 is 0 Å². The lowest BCUT2D eigenvalue weighted by Gasteiger charge is -2.31. The van der Waals surface area contributed by atoms with Crippen molar-refractivity contribution in [3.05, 3.63) is 23.3 Å². The molecule has 0 aromatic carbocycles. The molecule has 2 aliphatic rings. The average molecular weight is 348 g/mol. The van der Waals surface area contributed by atoms with E-state index in [9.17, 15) is 14.4 Å². The number of fused-ring (bicyclic) bond motifs is 1. The molecule has 0 saturated heterocycles. The van der Waals surface area contributed by atoms with Gasteiger partial charge in [0.05, 0.1) is 13.2 Å². The quantitative estimate of drug-likeness (QED) is 0.561. The fraction of sp³-hybridized carbons (Fsp3) is 0.650. The maximum absolute atomic E-state index is 12.8. The minimum atomic E-state index is -1.36. The Hall–Kier alpha value is -1.91. The van der Waals surface area contributed by atoms with Gasteiger partial charge in [-0.1, -0.05) is 25.0 Å². The van der Waals surface area contributed by atoms with Crippen LogP contribution in [0.3, 0.4) is 0 Å². The van der Waals surface area contributed by atoms with E-state index in [2.05, 4.69) is 0 Å². The Morgan fingerprint density at radius 3 is 2.28 bits per heavy atom. The molecule has 0 spiro atoms. The standard InChI is InChI=1S/C20H28O5/c1-4-24-18(22)20(19(23)25-5-2)13-15-12-16(20)10-8-6-7-9-11-17(15)14(3)21/h11-12,16H,4-10,13H2,1-3H3/b17-11-. The third-order valence-electron chi connectivity index (χ3n) is 5.08. The number of hydrogen-bond acceptors (Lipinski definition) is 5. The van der Waals surface area contributed by atoms with Crippen molar-refractivity contribution in [1.29, 1.82) is 0 Å². The van der Waals surface area contributed by atoms with Crippen molar-refractivity contribution in [3.63, 3.8) is 0 Å². The van der Waals surface area contributed by atoms with Crippen molar-refractivity contribution < 1.29 is 23.9 Å². The van der Waals surface area contributed by atoms with Crippen molar-refractivity contribution in [2.24, 2.45) is 11.3 Å². The van der Waals surface area contributed by atoms with Crippen LogP contribution in [0.2, 0.25) is 0 Å². The SMILES string of the molecule is CCOC(=O)C1(C(=O)OCC)CC2=CC1CCCCC/C=C\2C(C)=O. The number of hydrogen-bond donors (Lipinski definition) is 0. The number of rotatable bonds is 5. The molecule has 138 valence electrons. The van der Waals surface area contributed by atoms with E-state index in [0.717, 1.165) is 31.3 Å². The molecule has 0 aromatic heterocycles. The monoisotopic (exact) mass is 348 g/mol. The molecule has 0 aromatic rings. The summed E-state index contributed by atoms with van der Waals surface area (Å²) in [7, 11) is 0. The molecule has 0 amide bonds. The third kappa shape index (κ3) is 3.86. The number of carbonyl (C=O) groups is 3. The van der Waals surface area contributed by atoms with Crippen LogP contribution in [0.15, 0.2) is 23.3 Å². The first-order valence-corrected chi connectivity index (χ1v) is 9.24. The second-order valence-electron chi connectivity index (χ2n) is 6.70. The summed E-state index contributed by atoms with van der Waals surface area (Å²) in [5.74, 6) is -1.39. The Kier molecular flexibility index (Phi) is 6.57. The molecule has 5 nitrogen and oxygen atoms in total. The Balaban J connectivity index is 2.49.